The molecule has 0 bridgehead atoms. The Labute approximate surface area is 511 Å². The van der Waals surface area contributed by atoms with E-state index in [2.05, 4.69) is 48.5 Å². The highest BCUT2D eigenvalue weighted by Gasteiger charge is 2.30. The van der Waals surface area contributed by atoms with Crippen molar-refractivity contribution in [1.29, 1.82) is 0 Å². The van der Waals surface area contributed by atoms with Crippen LogP contribution in [0.4, 0.5) is 0 Å². The van der Waals surface area contributed by atoms with Gasteiger partial charge in [-0.25, -0.2) is 9.13 Å². The lowest BCUT2D eigenvalue weighted by atomic mass is 9.99. The van der Waals surface area contributed by atoms with Crippen LogP contribution in [0.15, 0.2) is 0 Å². The molecule has 498 valence electrons. The quantitative estimate of drug-likeness (QED) is 0.0222. The van der Waals surface area contributed by atoms with Crippen LogP contribution < -0.4 is 0 Å². The van der Waals surface area contributed by atoms with Gasteiger partial charge in [-0.05, 0) is 43.4 Å². The summed E-state index contributed by atoms with van der Waals surface area (Å²) in [5.74, 6) is 0.0774. The first-order chi connectivity index (χ1) is 40.3. The van der Waals surface area contributed by atoms with E-state index >= 15 is 0 Å². The van der Waals surface area contributed by atoms with Crippen LogP contribution in [-0.4, -0.2) is 96.7 Å². The van der Waals surface area contributed by atoms with Crippen LogP contribution in [0.5, 0.6) is 0 Å². The summed E-state index contributed by atoms with van der Waals surface area (Å²) in [4.78, 5) is 72.2. The largest absolute Gasteiger partial charge is 0.472 e. The highest BCUT2D eigenvalue weighted by Crippen LogP contribution is 2.45. The van der Waals surface area contributed by atoms with Gasteiger partial charge in [0, 0.05) is 25.7 Å². The number of aliphatic hydroxyl groups is 1. The summed E-state index contributed by atoms with van der Waals surface area (Å²) in [6, 6.07) is 0. The fourth-order valence-electron chi connectivity index (χ4n) is 9.62. The van der Waals surface area contributed by atoms with Crippen LogP contribution >= 0.6 is 15.6 Å². The molecule has 0 heterocycles. The number of unbranched alkanes of at least 4 members (excludes halogenated alkanes) is 30. The number of rotatable bonds is 63. The van der Waals surface area contributed by atoms with E-state index in [1.165, 1.54) is 128 Å². The fraction of sp³-hybridized carbons (Fsp3) is 0.938. The number of phosphoric ester groups is 2. The number of carbonyl (C=O) groups excluding carboxylic acids is 4. The SMILES string of the molecule is CCCCCCCCCCCC(=O)OC[C@H](COP(=O)(O)OC[C@H](O)COP(=O)(O)OC[C@@H](COC(=O)CCCCCCCCCCCC(C)C)OC(=O)CCCCCCCCCCCCC(C)CC)OC(=O)CCCCCCCCC(C)C. The molecule has 84 heavy (non-hydrogen) atoms. The number of hydrogen-bond donors (Lipinski definition) is 3. The molecule has 0 amide bonds. The Morgan fingerprint density at radius 2 is 0.607 bits per heavy atom. The van der Waals surface area contributed by atoms with Gasteiger partial charge in [-0.1, -0.05) is 267 Å². The second-order valence-electron chi connectivity index (χ2n) is 24.7. The highest BCUT2D eigenvalue weighted by atomic mass is 31.2. The first-order valence-corrected chi connectivity index (χ1v) is 36.9. The summed E-state index contributed by atoms with van der Waals surface area (Å²) in [5.41, 5.74) is 0. The first kappa shape index (κ1) is 82.1. The van der Waals surface area contributed by atoms with Crippen LogP contribution in [-0.2, 0) is 65.4 Å². The van der Waals surface area contributed by atoms with Crippen LogP contribution in [0.1, 0.15) is 318 Å². The normalized spacial score (nSPS) is 14.7. The second kappa shape index (κ2) is 56.3. The predicted octanol–water partition coefficient (Wildman–Crippen LogP) is 17.9. The zero-order valence-electron chi connectivity index (χ0n) is 54.4. The Morgan fingerprint density at radius 1 is 0.345 bits per heavy atom. The van der Waals surface area contributed by atoms with Gasteiger partial charge in [0.1, 0.15) is 19.3 Å². The number of esters is 4. The molecular weight excluding hydrogens is 1110 g/mol. The molecule has 0 saturated heterocycles. The Bertz CT molecular complexity index is 1670. The van der Waals surface area contributed by atoms with E-state index in [0.29, 0.717) is 31.6 Å². The third kappa shape index (κ3) is 57.8. The maximum Gasteiger partial charge on any atom is 0.472 e. The molecule has 3 unspecified atom stereocenters. The number of carbonyl (C=O) groups is 4. The highest BCUT2D eigenvalue weighted by molar-refractivity contribution is 7.47. The first-order valence-electron chi connectivity index (χ1n) is 33.9. The maximum atomic E-state index is 13.0. The van der Waals surface area contributed by atoms with Gasteiger partial charge in [0.15, 0.2) is 12.2 Å². The van der Waals surface area contributed by atoms with E-state index < -0.39 is 97.5 Å². The molecule has 0 aliphatic rings. The summed E-state index contributed by atoms with van der Waals surface area (Å²) in [6.07, 6.45) is 37.6. The number of phosphoric acid groups is 2. The smallest absolute Gasteiger partial charge is 0.462 e. The average molecular weight is 1240 g/mol. The molecule has 0 aromatic carbocycles. The van der Waals surface area contributed by atoms with E-state index in [9.17, 15) is 43.2 Å². The van der Waals surface area contributed by atoms with Gasteiger partial charge >= 0.3 is 39.5 Å². The van der Waals surface area contributed by atoms with Crippen LogP contribution in [0.3, 0.4) is 0 Å². The lowest BCUT2D eigenvalue weighted by molar-refractivity contribution is -0.161. The van der Waals surface area contributed by atoms with Gasteiger partial charge in [0.05, 0.1) is 26.4 Å². The molecular formula is C65H126O17P2. The Balaban J connectivity index is 5.24. The van der Waals surface area contributed by atoms with Crippen molar-refractivity contribution in [1.82, 2.24) is 0 Å². The second-order valence-corrected chi connectivity index (χ2v) is 27.6. The Hall–Kier alpha value is -1.94. The van der Waals surface area contributed by atoms with E-state index in [0.717, 1.165) is 102 Å². The molecule has 0 radical (unpaired) electrons. The van der Waals surface area contributed by atoms with Crippen LogP contribution in [0.25, 0.3) is 0 Å². The molecule has 0 rings (SSSR count). The molecule has 0 spiro atoms. The monoisotopic (exact) mass is 1240 g/mol. The molecule has 19 heteroatoms. The van der Waals surface area contributed by atoms with Crippen molar-refractivity contribution >= 4 is 39.5 Å². The maximum absolute atomic E-state index is 13.0. The molecule has 0 fully saturated rings. The van der Waals surface area contributed by atoms with E-state index in [4.69, 9.17) is 37.0 Å². The standard InChI is InChI=1S/C65H126O17P2/c1-8-10-11-12-13-17-24-32-39-46-62(67)75-53-61(82-65(70)49-42-35-28-27-30-37-44-57(5)6)55-80-84(73,74)78-51-59(66)50-77-83(71,72)79-54-60(52-76-63(68)47-40-33-25-21-16-18-22-29-36-43-56(3)4)81-64(69)48-41-34-26-20-15-14-19-23-31-38-45-58(7)9-2/h56-61,66H,8-55H2,1-7H3,(H,71,72)(H,73,74)/t58?,59-,60-,61-/m1/s1. The summed E-state index contributed by atoms with van der Waals surface area (Å²) in [7, 11) is -9.89. The van der Waals surface area contributed by atoms with Crippen molar-refractivity contribution in [3.63, 3.8) is 0 Å². The summed E-state index contributed by atoms with van der Waals surface area (Å²) >= 11 is 0. The van der Waals surface area contributed by atoms with Crippen molar-refractivity contribution in [3.8, 4) is 0 Å². The van der Waals surface area contributed by atoms with Crippen LogP contribution in [0.2, 0.25) is 0 Å². The topological polar surface area (TPSA) is 237 Å². The third-order valence-corrected chi connectivity index (χ3v) is 17.1. The van der Waals surface area contributed by atoms with Gasteiger partial charge in [-0.15, -0.1) is 0 Å². The van der Waals surface area contributed by atoms with Crippen molar-refractivity contribution in [3.05, 3.63) is 0 Å². The molecule has 0 aliphatic carbocycles. The van der Waals surface area contributed by atoms with Gasteiger partial charge in [0.2, 0.25) is 0 Å². The molecule has 17 nitrogen and oxygen atoms in total. The van der Waals surface area contributed by atoms with E-state index in [1.54, 1.807) is 0 Å². The molecule has 0 aromatic rings. The summed E-state index contributed by atoms with van der Waals surface area (Å²) < 4.78 is 68.0. The van der Waals surface area contributed by atoms with Crippen LogP contribution in [0, 0.1) is 17.8 Å². The van der Waals surface area contributed by atoms with Gasteiger partial charge < -0.3 is 33.8 Å². The molecule has 0 aliphatic heterocycles. The summed E-state index contributed by atoms with van der Waals surface area (Å²) in [6.45, 7) is 11.7. The lowest BCUT2D eigenvalue weighted by Gasteiger charge is -2.21. The minimum absolute atomic E-state index is 0.102. The Kier molecular flexibility index (Phi) is 55.0. The number of aliphatic hydroxyl groups excluding tert-OH is 1. The summed E-state index contributed by atoms with van der Waals surface area (Å²) in [5, 5.41) is 10.5. The number of hydrogen-bond acceptors (Lipinski definition) is 15. The van der Waals surface area contributed by atoms with E-state index in [-0.39, 0.29) is 25.7 Å². The zero-order chi connectivity index (χ0) is 62.4. The van der Waals surface area contributed by atoms with Crippen molar-refractivity contribution in [2.45, 2.75) is 336 Å². The minimum Gasteiger partial charge on any atom is -0.462 e. The minimum atomic E-state index is -4.95. The molecule has 6 atom stereocenters. The molecule has 3 N–H and O–H groups in total. The van der Waals surface area contributed by atoms with Crippen molar-refractivity contribution in [2.24, 2.45) is 17.8 Å². The third-order valence-electron chi connectivity index (χ3n) is 15.2. The zero-order valence-corrected chi connectivity index (χ0v) is 56.1. The average Bonchev–Trinajstić information content (AvgIpc) is 3.45. The van der Waals surface area contributed by atoms with Crippen molar-refractivity contribution in [2.75, 3.05) is 39.6 Å². The van der Waals surface area contributed by atoms with Gasteiger partial charge in [-0.3, -0.25) is 37.3 Å². The van der Waals surface area contributed by atoms with Crippen molar-refractivity contribution < 1.29 is 80.2 Å². The fourth-order valence-corrected chi connectivity index (χ4v) is 11.2. The molecule has 0 aromatic heterocycles. The van der Waals surface area contributed by atoms with Gasteiger partial charge in [-0.2, -0.15) is 0 Å². The lowest BCUT2D eigenvalue weighted by Crippen LogP contribution is -2.30. The Morgan fingerprint density at radius 3 is 0.905 bits per heavy atom. The van der Waals surface area contributed by atoms with Gasteiger partial charge in [0.25, 0.3) is 0 Å². The number of ether oxygens (including phenoxy) is 4. The molecule has 0 saturated carbocycles. The predicted molar refractivity (Wildman–Crippen MR) is 335 cm³/mol. The van der Waals surface area contributed by atoms with E-state index in [1.807, 2.05) is 0 Å².